The molecule has 0 spiro atoms. The van der Waals surface area contributed by atoms with Crippen LogP contribution in [0.2, 0.25) is 0 Å². The molecule has 0 atom stereocenters. The van der Waals surface area contributed by atoms with Gasteiger partial charge in [-0.05, 0) is 32.0 Å². The number of amides is 1. The normalized spacial score (nSPS) is 11.8. The van der Waals surface area contributed by atoms with Crippen LogP contribution in [-0.4, -0.2) is 12.5 Å². The van der Waals surface area contributed by atoms with Gasteiger partial charge in [-0.2, -0.15) is 13.2 Å². The van der Waals surface area contributed by atoms with Crippen molar-refractivity contribution < 1.29 is 18.0 Å². The molecule has 0 saturated carbocycles. The molecule has 0 aliphatic rings. The van der Waals surface area contributed by atoms with E-state index < -0.39 is 23.1 Å². The Labute approximate surface area is 129 Å². The maximum Gasteiger partial charge on any atom is 0.417 e. The Morgan fingerprint density at radius 1 is 1.35 bits per heavy atom. The smallest absolute Gasteiger partial charge is 0.329 e. The van der Waals surface area contributed by atoms with Crippen molar-refractivity contribution in [2.45, 2.75) is 20.0 Å². The van der Waals surface area contributed by atoms with Gasteiger partial charge in [0.2, 0.25) is 5.91 Å². The lowest BCUT2D eigenvalue weighted by atomic mass is 9.92. The van der Waals surface area contributed by atoms with Crippen molar-refractivity contribution in [2.24, 2.45) is 11.1 Å². The van der Waals surface area contributed by atoms with E-state index in [2.05, 4.69) is 21.2 Å². The standard InChI is InChI=1S/C12H14BrF3N2O.ClH/c1-11(2,6-17)10(19)18-7-3-4-9(13)8(5-7)12(14,15)16;/h3-5H,6,17H2,1-2H3,(H,18,19);1H. The van der Waals surface area contributed by atoms with Gasteiger partial charge in [0, 0.05) is 16.7 Å². The summed E-state index contributed by atoms with van der Waals surface area (Å²) in [5.41, 5.74) is 3.84. The Balaban J connectivity index is 0.00000361. The third kappa shape index (κ3) is 4.64. The largest absolute Gasteiger partial charge is 0.417 e. The third-order valence-corrected chi connectivity index (χ3v) is 3.35. The molecule has 20 heavy (non-hydrogen) atoms. The Hall–Kier alpha value is -0.790. The fourth-order valence-corrected chi connectivity index (χ4v) is 1.68. The van der Waals surface area contributed by atoms with E-state index in [0.29, 0.717) is 0 Å². The SMILES string of the molecule is CC(C)(CN)C(=O)Nc1ccc(Br)c(C(F)(F)F)c1.Cl. The topological polar surface area (TPSA) is 55.1 Å². The van der Waals surface area contributed by atoms with Gasteiger partial charge in [0.25, 0.3) is 0 Å². The Morgan fingerprint density at radius 3 is 2.35 bits per heavy atom. The van der Waals surface area contributed by atoms with E-state index in [1.54, 1.807) is 13.8 Å². The number of halogens is 5. The average Bonchev–Trinajstić information content (AvgIpc) is 2.30. The molecule has 114 valence electrons. The fourth-order valence-electron chi connectivity index (χ4n) is 1.21. The highest BCUT2D eigenvalue weighted by atomic mass is 79.9. The van der Waals surface area contributed by atoms with Crippen LogP contribution in [0.15, 0.2) is 22.7 Å². The molecule has 1 rings (SSSR count). The minimum Gasteiger partial charge on any atom is -0.329 e. The van der Waals surface area contributed by atoms with Crippen LogP contribution < -0.4 is 11.1 Å². The molecule has 0 saturated heterocycles. The summed E-state index contributed by atoms with van der Waals surface area (Å²) >= 11 is 2.83. The molecule has 1 amide bonds. The lowest BCUT2D eigenvalue weighted by Crippen LogP contribution is -2.37. The summed E-state index contributed by atoms with van der Waals surface area (Å²) in [5, 5.41) is 2.43. The highest BCUT2D eigenvalue weighted by Gasteiger charge is 2.33. The number of benzene rings is 1. The second-order valence-electron chi connectivity index (χ2n) is 4.73. The van der Waals surface area contributed by atoms with Crippen LogP contribution >= 0.6 is 28.3 Å². The van der Waals surface area contributed by atoms with Crippen LogP contribution in [0.1, 0.15) is 19.4 Å². The van der Waals surface area contributed by atoms with Crippen molar-refractivity contribution in [1.82, 2.24) is 0 Å². The number of rotatable bonds is 3. The average molecular weight is 376 g/mol. The molecule has 0 aliphatic carbocycles. The Morgan fingerprint density at radius 2 is 1.90 bits per heavy atom. The van der Waals surface area contributed by atoms with Gasteiger partial charge in [0.15, 0.2) is 0 Å². The minimum absolute atomic E-state index is 0. The molecule has 1 aromatic carbocycles. The summed E-state index contributed by atoms with van der Waals surface area (Å²) < 4.78 is 38.0. The molecule has 0 fully saturated rings. The van der Waals surface area contributed by atoms with Crippen molar-refractivity contribution in [3.63, 3.8) is 0 Å². The van der Waals surface area contributed by atoms with Crippen molar-refractivity contribution in [2.75, 3.05) is 11.9 Å². The van der Waals surface area contributed by atoms with Crippen molar-refractivity contribution in [3.05, 3.63) is 28.2 Å². The van der Waals surface area contributed by atoms with Gasteiger partial charge < -0.3 is 11.1 Å². The van der Waals surface area contributed by atoms with Gasteiger partial charge in [-0.25, -0.2) is 0 Å². The second kappa shape index (κ2) is 6.78. The monoisotopic (exact) mass is 374 g/mol. The molecule has 8 heteroatoms. The van der Waals surface area contributed by atoms with Gasteiger partial charge in [-0.1, -0.05) is 15.9 Å². The molecule has 0 aromatic heterocycles. The zero-order valence-corrected chi connectivity index (χ0v) is 13.2. The summed E-state index contributed by atoms with van der Waals surface area (Å²) in [4.78, 5) is 11.8. The van der Waals surface area contributed by atoms with Gasteiger partial charge in [-0.3, -0.25) is 4.79 Å². The van der Waals surface area contributed by atoms with Crippen LogP contribution in [0.5, 0.6) is 0 Å². The van der Waals surface area contributed by atoms with Crippen LogP contribution in [0.4, 0.5) is 18.9 Å². The first-order valence-corrected chi connectivity index (χ1v) is 6.25. The summed E-state index contributed by atoms with van der Waals surface area (Å²) in [6.45, 7) is 3.33. The molecule has 1 aromatic rings. The zero-order chi connectivity index (χ0) is 14.8. The lowest BCUT2D eigenvalue weighted by Gasteiger charge is -2.21. The van der Waals surface area contributed by atoms with Gasteiger partial charge in [0.05, 0.1) is 11.0 Å². The number of alkyl halides is 3. The summed E-state index contributed by atoms with van der Waals surface area (Å²) in [6.07, 6.45) is -4.48. The maximum absolute atomic E-state index is 12.7. The Bertz CT molecular complexity index is 492. The molecular formula is C12H15BrClF3N2O. The van der Waals surface area contributed by atoms with Gasteiger partial charge >= 0.3 is 6.18 Å². The fraction of sp³-hybridized carbons (Fsp3) is 0.417. The third-order valence-electron chi connectivity index (χ3n) is 2.65. The molecule has 0 heterocycles. The summed E-state index contributed by atoms with van der Waals surface area (Å²) in [7, 11) is 0. The molecule has 0 radical (unpaired) electrons. The minimum atomic E-state index is -4.48. The van der Waals surface area contributed by atoms with E-state index in [0.717, 1.165) is 6.07 Å². The van der Waals surface area contributed by atoms with E-state index in [1.807, 2.05) is 0 Å². The molecule has 3 N–H and O–H groups in total. The van der Waals surface area contributed by atoms with Crippen LogP contribution in [0.3, 0.4) is 0 Å². The molecule has 0 bridgehead atoms. The van der Waals surface area contributed by atoms with Crippen molar-refractivity contribution in [1.29, 1.82) is 0 Å². The number of hydrogen-bond donors (Lipinski definition) is 2. The molecule has 3 nitrogen and oxygen atoms in total. The molecular weight excluding hydrogens is 360 g/mol. The van der Waals surface area contributed by atoms with Crippen LogP contribution in [0, 0.1) is 5.41 Å². The number of nitrogens with one attached hydrogen (secondary N) is 1. The van der Waals surface area contributed by atoms with E-state index in [-0.39, 0.29) is 29.1 Å². The van der Waals surface area contributed by atoms with Crippen molar-refractivity contribution >= 4 is 39.9 Å². The van der Waals surface area contributed by atoms with Crippen molar-refractivity contribution in [3.8, 4) is 0 Å². The van der Waals surface area contributed by atoms with E-state index in [4.69, 9.17) is 5.73 Å². The highest BCUT2D eigenvalue weighted by molar-refractivity contribution is 9.10. The van der Waals surface area contributed by atoms with E-state index in [9.17, 15) is 18.0 Å². The first kappa shape index (κ1) is 19.2. The highest BCUT2D eigenvalue weighted by Crippen LogP contribution is 2.36. The first-order valence-electron chi connectivity index (χ1n) is 5.46. The van der Waals surface area contributed by atoms with Crippen LogP contribution in [0.25, 0.3) is 0 Å². The number of nitrogens with two attached hydrogens (primary N) is 1. The predicted octanol–water partition coefficient (Wildman–Crippen LogP) is 3.81. The molecule has 0 aliphatic heterocycles. The van der Waals surface area contributed by atoms with Crippen LogP contribution in [-0.2, 0) is 11.0 Å². The van der Waals surface area contributed by atoms with Gasteiger partial charge in [-0.15, -0.1) is 12.4 Å². The zero-order valence-electron chi connectivity index (χ0n) is 10.8. The van der Waals surface area contributed by atoms with E-state index >= 15 is 0 Å². The lowest BCUT2D eigenvalue weighted by molar-refractivity contribution is -0.138. The number of anilines is 1. The summed E-state index contributed by atoms with van der Waals surface area (Å²) in [5.74, 6) is -0.426. The number of hydrogen-bond acceptors (Lipinski definition) is 2. The first-order chi connectivity index (χ1) is 8.58. The number of carbonyl (C=O) groups is 1. The van der Waals surface area contributed by atoms with E-state index in [1.165, 1.54) is 12.1 Å². The second-order valence-corrected chi connectivity index (χ2v) is 5.59. The Kier molecular flexibility index (Phi) is 6.51. The summed E-state index contributed by atoms with van der Waals surface area (Å²) in [6, 6.07) is 3.52. The maximum atomic E-state index is 12.7. The molecule has 0 unspecified atom stereocenters. The predicted molar refractivity (Wildman–Crippen MR) is 77.9 cm³/mol. The van der Waals surface area contributed by atoms with Gasteiger partial charge in [0.1, 0.15) is 0 Å². The number of carbonyl (C=O) groups excluding carboxylic acids is 1. The quantitative estimate of drug-likeness (QED) is 0.844.